The van der Waals surface area contributed by atoms with Gasteiger partial charge < -0.3 is 18.9 Å². The Labute approximate surface area is 205 Å². The highest BCUT2D eigenvalue weighted by Gasteiger charge is 2.12. The van der Waals surface area contributed by atoms with Crippen LogP contribution in [0.5, 0.6) is 23.0 Å². The second-order valence-electron chi connectivity index (χ2n) is 6.71. The lowest BCUT2D eigenvalue weighted by atomic mass is 10.2. The molecule has 0 atom stereocenters. The molecule has 33 heavy (non-hydrogen) atoms. The molecule has 0 unspecified atom stereocenters. The minimum absolute atomic E-state index is 0.172. The van der Waals surface area contributed by atoms with Crippen LogP contribution in [0.2, 0.25) is 5.02 Å². The Morgan fingerprint density at radius 2 is 1.70 bits per heavy atom. The highest BCUT2D eigenvalue weighted by atomic mass is 79.9. The summed E-state index contributed by atoms with van der Waals surface area (Å²) in [6, 6.07) is 17.9. The fourth-order valence-corrected chi connectivity index (χ4v) is 3.42. The van der Waals surface area contributed by atoms with Gasteiger partial charge in [0.15, 0.2) is 18.1 Å². The van der Waals surface area contributed by atoms with Crippen molar-refractivity contribution in [3.63, 3.8) is 0 Å². The Morgan fingerprint density at radius 3 is 2.36 bits per heavy atom. The van der Waals surface area contributed by atoms with Crippen molar-refractivity contribution in [2.75, 3.05) is 20.8 Å². The number of nitrogens with one attached hydrogen (secondary N) is 1. The van der Waals surface area contributed by atoms with Gasteiger partial charge in [-0.05, 0) is 75.6 Å². The van der Waals surface area contributed by atoms with Gasteiger partial charge >= 0.3 is 0 Å². The van der Waals surface area contributed by atoms with Crippen molar-refractivity contribution in [1.29, 1.82) is 0 Å². The predicted molar refractivity (Wildman–Crippen MR) is 131 cm³/mol. The Hall–Kier alpha value is -3.23. The van der Waals surface area contributed by atoms with E-state index in [9.17, 15) is 4.79 Å². The highest BCUT2D eigenvalue weighted by molar-refractivity contribution is 9.10. The van der Waals surface area contributed by atoms with E-state index in [4.69, 9.17) is 30.5 Å². The Morgan fingerprint density at radius 1 is 1.00 bits per heavy atom. The van der Waals surface area contributed by atoms with Crippen molar-refractivity contribution in [1.82, 2.24) is 5.43 Å². The predicted octanol–water partition coefficient (Wildman–Crippen LogP) is 5.23. The number of halogens is 2. The molecular weight excluding hydrogens is 512 g/mol. The Bertz CT molecular complexity index is 1110. The molecule has 0 saturated heterocycles. The monoisotopic (exact) mass is 532 g/mol. The van der Waals surface area contributed by atoms with Gasteiger partial charge in [-0.1, -0.05) is 23.7 Å². The molecule has 1 N–H and O–H groups in total. The molecule has 3 rings (SSSR count). The number of methoxy groups -OCH3 is 2. The van der Waals surface area contributed by atoms with Crippen LogP contribution in [0.15, 0.2) is 70.2 Å². The first-order valence-corrected chi connectivity index (χ1v) is 11.0. The number of benzene rings is 3. The first-order valence-electron chi connectivity index (χ1n) is 9.82. The summed E-state index contributed by atoms with van der Waals surface area (Å²) in [7, 11) is 3.13. The summed E-state index contributed by atoms with van der Waals surface area (Å²) >= 11 is 9.42. The summed E-state index contributed by atoms with van der Waals surface area (Å²) in [4.78, 5) is 12.0. The fourth-order valence-electron chi connectivity index (χ4n) is 2.72. The van der Waals surface area contributed by atoms with E-state index in [1.54, 1.807) is 44.6 Å². The average Bonchev–Trinajstić information content (AvgIpc) is 2.83. The number of hydrogen-bond acceptors (Lipinski definition) is 6. The second kappa shape index (κ2) is 12.1. The largest absolute Gasteiger partial charge is 0.497 e. The van der Waals surface area contributed by atoms with Crippen molar-refractivity contribution in [3.8, 4) is 23.0 Å². The van der Waals surface area contributed by atoms with Crippen LogP contribution in [0.3, 0.4) is 0 Å². The molecule has 3 aromatic rings. The zero-order chi connectivity index (χ0) is 23.6. The lowest BCUT2D eigenvalue weighted by Crippen LogP contribution is -2.24. The molecule has 0 radical (unpaired) electrons. The summed E-state index contributed by atoms with van der Waals surface area (Å²) in [6.07, 6.45) is 1.50. The molecule has 0 heterocycles. The van der Waals surface area contributed by atoms with Crippen LogP contribution < -0.4 is 24.4 Å². The molecule has 1 amide bonds. The van der Waals surface area contributed by atoms with Crippen LogP contribution >= 0.6 is 27.5 Å². The molecule has 7 nitrogen and oxygen atoms in total. The van der Waals surface area contributed by atoms with E-state index >= 15 is 0 Å². The van der Waals surface area contributed by atoms with Crippen LogP contribution in [0.4, 0.5) is 0 Å². The Balaban J connectivity index is 1.55. The third-order valence-corrected chi connectivity index (χ3v) is 5.22. The van der Waals surface area contributed by atoms with Crippen molar-refractivity contribution in [2.45, 2.75) is 6.61 Å². The first-order chi connectivity index (χ1) is 16.0. The molecule has 0 aromatic heterocycles. The first kappa shape index (κ1) is 24.4. The molecular formula is C24H22BrClN2O5. The van der Waals surface area contributed by atoms with Crippen LogP contribution in [-0.4, -0.2) is 32.9 Å². The smallest absolute Gasteiger partial charge is 0.277 e. The summed E-state index contributed by atoms with van der Waals surface area (Å²) in [5.41, 5.74) is 4.10. The zero-order valence-electron chi connectivity index (χ0n) is 18.0. The average molecular weight is 534 g/mol. The van der Waals surface area contributed by atoms with Gasteiger partial charge in [-0.15, -0.1) is 0 Å². The molecule has 0 aliphatic heterocycles. The second-order valence-corrected chi connectivity index (χ2v) is 8.00. The molecule has 0 bridgehead atoms. The van der Waals surface area contributed by atoms with Crippen LogP contribution in [-0.2, 0) is 11.4 Å². The SMILES string of the molecule is COc1ccc(OCC(=O)N/N=C\c2cc(Br)c(OCc3ccc(Cl)cc3)c(OC)c2)cc1. The molecule has 3 aromatic carbocycles. The van der Waals surface area contributed by atoms with E-state index in [-0.39, 0.29) is 6.61 Å². The summed E-state index contributed by atoms with van der Waals surface area (Å²) in [5.74, 6) is 1.95. The van der Waals surface area contributed by atoms with E-state index in [1.165, 1.54) is 6.21 Å². The number of carbonyl (C=O) groups is 1. The van der Waals surface area contributed by atoms with Gasteiger partial charge in [0.25, 0.3) is 5.91 Å². The molecule has 0 saturated carbocycles. The van der Waals surface area contributed by atoms with Crippen LogP contribution in [0.25, 0.3) is 0 Å². The normalized spacial score (nSPS) is 10.7. The molecule has 0 aliphatic rings. The maximum atomic E-state index is 12.0. The van der Waals surface area contributed by atoms with Gasteiger partial charge in [0.05, 0.1) is 24.9 Å². The number of nitrogens with zero attached hydrogens (tertiary/aromatic N) is 1. The number of hydrogen-bond donors (Lipinski definition) is 1. The molecule has 0 spiro atoms. The number of ether oxygens (including phenoxy) is 4. The van der Waals surface area contributed by atoms with Gasteiger partial charge in [-0.2, -0.15) is 5.10 Å². The topological polar surface area (TPSA) is 78.4 Å². The number of hydrazone groups is 1. The maximum absolute atomic E-state index is 12.0. The molecule has 0 aliphatic carbocycles. The maximum Gasteiger partial charge on any atom is 0.277 e. The van der Waals surface area contributed by atoms with E-state index in [0.717, 1.165) is 5.56 Å². The van der Waals surface area contributed by atoms with Crippen molar-refractivity contribution < 1.29 is 23.7 Å². The van der Waals surface area contributed by atoms with Crippen molar-refractivity contribution in [3.05, 3.63) is 81.3 Å². The number of amides is 1. The molecule has 9 heteroatoms. The Kier molecular flexibility index (Phi) is 8.97. The van der Waals surface area contributed by atoms with Crippen molar-refractivity contribution in [2.24, 2.45) is 5.10 Å². The van der Waals surface area contributed by atoms with Crippen LogP contribution in [0, 0.1) is 0 Å². The van der Waals surface area contributed by atoms with Gasteiger partial charge in [-0.25, -0.2) is 5.43 Å². The minimum Gasteiger partial charge on any atom is -0.497 e. The van der Waals surface area contributed by atoms with E-state index in [0.29, 0.717) is 44.7 Å². The van der Waals surface area contributed by atoms with E-state index in [1.807, 2.05) is 30.3 Å². The third-order valence-electron chi connectivity index (χ3n) is 4.38. The summed E-state index contributed by atoms with van der Waals surface area (Å²) < 4.78 is 22.6. The summed E-state index contributed by atoms with van der Waals surface area (Å²) in [5, 5.41) is 4.64. The van der Waals surface area contributed by atoms with Gasteiger partial charge in [0.1, 0.15) is 18.1 Å². The highest BCUT2D eigenvalue weighted by Crippen LogP contribution is 2.37. The zero-order valence-corrected chi connectivity index (χ0v) is 20.4. The van der Waals surface area contributed by atoms with Crippen molar-refractivity contribution >= 4 is 39.7 Å². The minimum atomic E-state index is -0.393. The van der Waals surface area contributed by atoms with Gasteiger partial charge in [0.2, 0.25) is 0 Å². The summed E-state index contributed by atoms with van der Waals surface area (Å²) in [6.45, 7) is 0.179. The van der Waals surface area contributed by atoms with Gasteiger partial charge in [0, 0.05) is 5.02 Å². The van der Waals surface area contributed by atoms with E-state index < -0.39 is 5.91 Å². The fraction of sp³-hybridized carbons (Fsp3) is 0.167. The molecule has 172 valence electrons. The molecule has 0 fully saturated rings. The van der Waals surface area contributed by atoms with Gasteiger partial charge in [-0.3, -0.25) is 4.79 Å². The number of carbonyl (C=O) groups excluding carboxylic acids is 1. The quantitative estimate of drug-likeness (QED) is 0.285. The number of rotatable bonds is 10. The van der Waals surface area contributed by atoms with Crippen LogP contribution in [0.1, 0.15) is 11.1 Å². The standard InChI is InChI=1S/C24H22BrClN2O5/c1-30-19-7-9-20(10-8-19)32-15-23(29)28-27-13-17-11-21(25)24(22(12-17)31-2)33-14-16-3-5-18(26)6-4-16/h3-13H,14-15H2,1-2H3,(H,28,29)/b27-13-. The third kappa shape index (κ3) is 7.40. The lowest BCUT2D eigenvalue weighted by Gasteiger charge is -2.13. The van der Waals surface area contributed by atoms with E-state index in [2.05, 4.69) is 26.5 Å². The lowest BCUT2D eigenvalue weighted by molar-refractivity contribution is -0.123.